The van der Waals surface area contributed by atoms with Crippen molar-refractivity contribution in [3.8, 4) is 33.6 Å². The van der Waals surface area contributed by atoms with Crippen LogP contribution in [0.1, 0.15) is 52.7 Å². The van der Waals surface area contributed by atoms with E-state index in [0.717, 1.165) is 39.7 Å². The van der Waals surface area contributed by atoms with Crippen LogP contribution < -0.4 is 26.2 Å². The molecule has 0 saturated heterocycles. The Labute approximate surface area is 348 Å². The summed E-state index contributed by atoms with van der Waals surface area (Å²) in [5.74, 6) is 0.636. The van der Waals surface area contributed by atoms with Gasteiger partial charge in [-0.05, 0) is 109 Å². The second-order valence-electron chi connectivity index (χ2n) is 17.9. The van der Waals surface area contributed by atoms with Crippen molar-refractivity contribution in [2.24, 2.45) is 0 Å². The van der Waals surface area contributed by atoms with Gasteiger partial charge in [0.1, 0.15) is 12.7 Å². The molecule has 1 aromatic heterocycles. The van der Waals surface area contributed by atoms with E-state index in [4.69, 9.17) is 9.97 Å². The predicted octanol–water partition coefficient (Wildman–Crippen LogP) is 11.6. The van der Waals surface area contributed by atoms with E-state index in [-0.39, 0.29) is 17.5 Å². The standard InChI is InChI=1S/C53H46BN5/c1-52(2,3)40-19-23-42(24-20-40)58-46-27-17-37(35-13-9-7-10-14-35)29-44(46)54-45-30-38(36-15-11-8-12-16-36)18-28-47(45)59(43-25-21-41(22-26-43)53(4,5)6)49-32-39(31-48(58)50(49)54)51-56-33-55-34-57-51/h7-34H,1-6H3. The lowest BCUT2D eigenvalue weighted by atomic mass is 9.33. The molecule has 0 fully saturated rings. The lowest BCUT2D eigenvalue weighted by Crippen LogP contribution is -2.61. The molecule has 3 heterocycles. The average molecular weight is 764 g/mol. The van der Waals surface area contributed by atoms with Crippen LogP contribution in [0.3, 0.4) is 0 Å². The maximum Gasteiger partial charge on any atom is 0.252 e. The quantitative estimate of drug-likeness (QED) is 0.163. The fourth-order valence-corrected chi connectivity index (χ4v) is 8.92. The average Bonchev–Trinajstić information content (AvgIpc) is 3.26. The minimum absolute atomic E-state index is 0.0228. The van der Waals surface area contributed by atoms with Crippen molar-refractivity contribution < 1.29 is 0 Å². The van der Waals surface area contributed by atoms with Gasteiger partial charge >= 0.3 is 0 Å². The fourth-order valence-electron chi connectivity index (χ4n) is 8.92. The first-order valence-corrected chi connectivity index (χ1v) is 20.5. The SMILES string of the molecule is CC(C)(C)c1ccc(N2c3ccc(-c4ccccc4)cc3B3c4cc(-c5ccccc5)ccc4N(c4ccc(C(C)(C)C)cc4)c4cc(-c5ncncn5)cc2c43)cc1. The summed E-state index contributed by atoms with van der Waals surface area (Å²) in [6.45, 7) is 13.6. The third kappa shape index (κ3) is 6.40. The monoisotopic (exact) mass is 763 g/mol. The highest BCUT2D eigenvalue weighted by Crippen LogP contribution is 2.47. The summed E-state index contributed by atoms with van der Waals surface area (Å²) in [6, 6.07) is 58.4. The summed E-state index contributed by atoms with van der Waals surface area (Å²) in [6.07, 6.45) is 3.17. The van der Waals surface area contributed by atoms with Crippen LogP contribution in [0.5, 0.6) is 0 Å². The van der Waals surface area contributed by atoms with Crippen LogP contribution in [0.25, 0.3) is 33.6 Å². The van der Waals surface area contributed by atoms with E-state index in [9.17, 15) is 0 Å². The number of fused-ring (bicyclic) bond motifs is 4. The number of aromatic nitrogens is 3. The molecule has 10 rings (SSSR count). The Morgan fingerprint density at radius 2 is 0.831 bits per heavy atom. The molecule has 0 aliphatic carbocycles. The van der Waals surface area contributed by atoms with Crippen molar-refractivity contribution >= 4 is 57.2 Å². The molecule has 6 heteroatoms. The maximum absolute atomic E-state index is 4.70. The van der Waals surface area contributed by atoms with E-state index in [0.29, 0.717) is 5.82 Å². The van der Waals surface area contributed by atoms with Gasteiger partial charge in [0.15, 0.2) is 5.82 Å². The van der Waals surface area contributed by atoms with Gasteiger partial charge in [0, 0.05) is 39.7 Å². The lowest BCUT2D eigenvalue weighted by Gasteiger charge is -2.44. The van der Waals surface area contributed by atoms with Crippen molar-refractivity contribution in [1.82, 2.24) is 15.0 Å². The van der Waals surface area contributed by atoms with Gasteiger partial charge < -0.3 is 9.80 Å². The summed E-state index contributed by atoms with van der Waals surface area (Å²) in [5.41, 5.74) is 18.9. The molecule has 0 spiro atoms. The van der Waals surface area contributed by atoms with Crippen LogP contribution in [0.2, 0.25) is 0 Å². The van der Waals surface area contributed by atoms with E-state index in [2.05, 4.69) is 214 Å². The number of rotatable bonds is 5. The maximum atomic E-state index is 4.70. The van der Waals surface area contributed by atoms with Gasteiger partial charge in [-0.25, -0.2) is 15.0 Å². The van der Waals surface area contributed by atoms with Gasteiger partial charge in [-0.1, -0.05) is 151 Å². The van der Waals surface area contributed by atoms with Crippen LogP contribution in [0, 0.1) is 0 Å². The highest BCUT2D eigenvalue weighted by atomic mass is 15.2. The van der Waals surface area contributed by atoms with Gasteiger partial charge in [-0.2, -0.15) is 0 Å². The first kappa shape index (κ1) is 36.5. The molecule has 286 valence electrons. The zero-order valence-corrected chi connectivity index (χ0v) is 34.5. The Morgan fingerprint density at radius 1 is 0.407 bits per heavy atom. The van der Waals surface area contributed by atoms with Crippen molar-refractivity contribution in [3.05, 3.63) is 182 Å². The minimum atomic E-state index is -0.0695. The van der Waals surface area contributed by atoms with E-state index in [1.807, 2.05) is 0 Å². The highest BCUT2D eigenvalue weighted by molar-refractivity contribution is 7.00. The van der Waals surface area contributed by atoms with Crippen LogP contribution >= 0.6 is 0 Å². The number of anilines is 6. The summed E-state index contributed by atoms with van der Waals surface area (Å²) in [7, 11) is 0. The zero-order valence-electron chi connectivity index (χ0n) is 34.5. The molecule has 7 aromatic carbocycles. The first-order chi connectivity index (χ1) is 28.5. The van der Waals surface area contributed by atoms with Crippen molar-refractivity contribution in [1.29, 1.82) is 0 Å². The number of hydrogen-bond donors (Lipinski definition) is 0. The number of benzene rings is 7. The van der Waals surface area contributed by atoms with Crippen LogP contribution in [-0.4, -0.2) is 21.7 Å². The smallest absolute Gasteiger partial charge is 0.252 e. The molecule has 0 saturated carbocycles. The normalized spacial score (nSPS) is 13.2. The molecule has 5 nitrogen and oxygen atoms in total. The second kappa shape index (κ2) is 14.0. The largest absolute Gasteiger partial charge is 0.311 e. The van der Waals surface area contributed by atoms with Crippen LogP contribution in [0.15, 0.2) is 170 Å². The third-order valence-electron chi connectivity index (χ3n) is 12.0. The molecular weight excluding hydrogens is 717 g/mol. The van der Waals surface area contributed by atoms with E-state index < -0.39 is 0 Å². The molecule has 0 bridgehead atoms. The summed E-state index contributed by atoms with van der Waals surface area (Å²) in [5, 5.41) is 0. The molecule has 59 heavy (non-hydrogen) atoms. The third-order valence-corrected chi connectivity index (χ3v) is 12.0. The number of nitrogens with zero attached hydrogens (tertiary/aromatic N) is 5. The Balaban J connectivity index is 1.31. The fraction of sp³-hybridized carbons (Fsp3) is 0.151. The Morgan fingerprint density at radius 3 is 1.24 bits per heavy atom. The van der Waals surface area contributed by atoms with Crippen molar-refractivity contribution in [2.45, 2.75) is 52.4 Å². The lowest BCUT2D eigenvalue weighted by molar-refractivity contribution is 0.590. The summed E-state index contributed by atoms with van der Waals surface area (Å²) in [4.78, 5) is 18.5. The molecule has 0 radical (unpaired) electrons. The molecule has 0 unspecified atom stereocenters. The molecule has 0 N–H and O–H groups in total. The van der Waals surface area contributed by atoms with Crippen molar-refractivity contribution in [2.75, 3.05) is 9.80 Å². The molecular formula is C53H46BN5. The molecule has 2 aliphatic heterocycles. The van der Waals surface area contributed by atoms with Gasteiger partial charge in [0.05, 0.1) is 0 Å². The van der Waals surface area contributed by atoms with Gasteiger partial charge in [0.25, 0.3) is 6.71 Å². The molecule has 0 amide bonds. The van der Waals surface area contributed by atoms with Gasteiger partial charge in [0.2, 0.25) is 0 Å². The van der Waals surface area contributed by atoms with Crippen molar-refractivity contribution in [3.63, 3.8) is 0 Å². The highest BCUT2D eigenvalue weighted by Gasteiger charge is 2.44. The Kier molecular flexibility index (Phi) is 8.64. The topological polar surface area (TPSA) is 45.2 Å². The first-order valence-electron chi connectivity index (χ1n) is 20.5. The summed E-state index contributed by atoms with van der Waals surface area (Å²) >= 11 is 0. The predicted molar refractivity (Wildman–Crippen MR) is 248 cm³/mol. The number of hydrogen-bond acceptors (Lipinski definition) is 5. The van der Waals surface area contributed by atoms with E-state index >= 15 is 0 Å². The Hall–Kier alpha value is -6.79. The van der Waals surface area contributed by atoms with Gasteiger partial charge in [-0.3, -0.25) is 0 Å². The second-order valence-corrected chi connectivity index (χ2v) is 17.9. The Bertz CT molecular complexity index is 2650. The van der Waals surface area contributed by atoms with E-state index in [1.54, 1.807) is 12.7 Å². The summed E-state index contributed by atoms with van der Waals surface area (Å²) < 4.78 is 0. The minimum Gasteiger partial charge on any atom is -0.311 e. The zero-order chi connectivity index (χ0) is 40.5. The van der Waals surface area contributed by atoms with E-state index in [1.165, 1.54) is 49.8 Å². The van der Waals surface area contributed by atoms with Crippen LogP contribution in [-0.2, 0) is 10.8 Å². The molecule has 0 atom stereocenters. The van der Waals surface area contributed by atoms with Gasteiger partial charge in [-0.15, -0.1) is 0 Å². The molecule has 2 aliphatic rings. The molecule has 8 aromatic rings. The van der Waals surface area contributed by atoms with Crippen LogP contribution in [0.4, 0.5) is 34.1 Å².